The molecule has 0 amide bonds. The van der Waals surface area contributed by atoms with Crippen molar-refractivity contribution in [3.05, 3.63) is 27.4 Å². The van der Waals surface area contributed by atoms with Crippen LogP contribution in [-0.4, -0.2) is 29.3 Å². The van der Waals surface area contributed by atoms with Gasteiger partial charge in [-0.05, 0) is 9.91 Å². The van der Waals surface area contributed by atoms with Crippen LogP contribution in [0.1, 0.15) is 22.5 Å². The summed E-state index contributed by atoms with van der Waals surface area (Å²) in [5.41, 5.74) is -2.88. The van der Waals surface area contributed by atoms with Gasteiger partial charge in [-0.2, -0.15) is 0 Å². The minimum absolute atomic E-state index is 0.249. The van der Waals surface area contributed by atoms with Crippen LogP contribution < -0.4 is 4.74 Å². The molecule has 0 unspecified atom stereocenters. The molecule has 0 fully saturated rings. The molecule has 1 aromatic rings. The molecule has 7 nitrogen and oxygen atoms in total. The number of carbonyl (C=O) groups excluding carboxylic acids is 1. The molecule has 1 heterocycles. The molecule has 0 saturated carbocycles. The quantitative estimate of drug-likeness (QED) is 0.367. The van der Waals surface area contributed by atoms with E-state index in [1.54, 1.807) is 0 Å². The Bertz CT molecular complexity index is 574. The van der Waals surface area contributed by atoms with Crippen LogP contribution in [0.3, 0.4) is 0 Å². The summed E-state index contributed by atoms with van der Waals surface area (Å²) in [4.78, 5) is 23.3. The van der Waals surface area contributed by atoms with E-state index in [2.05, 4.69) is 14.5 Å². The lowest BCUT2D eigenvalue weighted by Gasteiger charge is -2.13. The number of methoxy groups -OCH3 is 1. The number of esters is 1. The highest BCUT2D eigenvalue weighted by Crippen LogP contribution is 2.36. The molecule has 0 radical (unpaired) electrons. The summed E-state index contributed by atoms with van der Waals surface area (Å²) < 4.78 is 69.4. The Morgan fingerprint density at radius 1 is 1.43 bits per heavy atom. The first-order chi connectivity index (χ1) is 9.56. The van der Waals surface area contributed by atoms with Crippen LogP contribution in [-0.2, 0) is 4.74 Å². The molecule has 21 heavy (non-hydrogen) atoms. The second-order valence-electron chi connectivity index (χ2n) is 3.34. The maximum atomic E-state index is 12.7. The maximum absolute atomic E-state index is 12.7. The molecule has 0 N–H and O–H groups in total. The normalized spacial score (nSPS) is 11.4. The van der Waals surface area contributed by atoms with Gasteiger partial charge in [-0.25, -0.2) is 13.6 Å². The Kier molecular flexibility index (Phi) is 4.60. The second-order valence-corrected chi connectivity index (χ2v) is 3.34. The van der Waals surface area contributed by atoms with Crippen LogP contribution in [0.2, 0.25) is 0 Å². The number of hydrogen-bond acceptors (Lipinski definition) is 6. The van der Waals surface area contributed by atoms with E-state index < -0.39 is 46.5 Å². The number of nitrogens with zero attached hydrogens (tertiary/aromatic N) is 2. The highest BCUT2D eigenvalue weighted by molar-refractivity contribution is 5.93. The summed E-state index contributed by atoms with van der Waals surface area (Å²) >= 11 is 0. The highest BCUT2D eigenvalue weighted by atomic mass is 19.4. The first kappa shape index (κ1) is 16.5. The monoisotopic (exact) mass is 316 g/mol. The Hall–Kier alpha value is -2.53. The predicted molar refractivity (Wildman–Crippen MR) is 53.9 cm³/mol. The summed E-state index contributed by atoms with van der Waals surface area (Å²) in [5, 5.41) is 10.5. The average Bonchev–Trinajstić information content (AvgIpc) is 2.35. The van der Waals surface area contributed by atoms with E-state index in [0.29, 0.717) is 0 Å². The van der Waals surface area contributed by atoms with Crippen LogP contribution in [0.25, 0.3) is 0 Å². The molecule has 0 bridgehead atoms. The molecule has 0 atom stereocenters. The lowest BCUT2D eigenvalue weighted by atomic mass is 10.2. The van der Waals surface area contributed by atoms with Gasteiger partial charge in [0.05, 0.1) is 13.2 Å². The molecular weight excluding hydrogens is 311 g/mol. The van der Waals surface area contributed by atoms with Crippen molar-refractivity contribution in [1.29, 1.82) is 0 Å². The fraction of sp³-hybridized carbons (Fsp3) is 0.333. The standard InChI is InChI=1S/C9H5F5N2O5/c1-20-8(17)3-2-4(16(18)19)15-5(7(10)11)6(3)21-9(12,13)14/h2,7H,1H3. The summed E-state index contributed by atoms with van der Waals surface area (Å²) in [6, 6.07) is 0.249. The SMILES string of the molecule is COC(=O)c1cc([N+](=O)[O-])nc(C(F)F)c1OC(F)(F)F. The lowest BCUT2D eigenvalue weighted by molar-refractivity contribution is -0.389. The third-order valence-corrected chi connectivity index (χ3v) is 2.00. The molecule has 0 aliphatic carbocycles. The number of pyridine rings is 1. The number of rotatable bonds is 4. The third-order valence-electron chi connectivity index (χ3n) is 2.00. The van der Waals surface area contributed by atoms with Gasteiger partial charge in [0.1, 0.15) is 5.56 Å². The Morgan fingerprint density at radius 3 is 2.38 bits per heavy atom. The molecular formula is C9H5F5N2O5. The van der Waals surface area contributed by atoms with Gasteiger partial charge in [-0.1, -0.05) is 0 Å². The third kappa shape index (κ3) is 3.97. The van der Waals surface area contributed by atoms with Gasteiger partial charge in [0, 0.05) is 0 Å². The summed E-state index contributed by atoms with van der Waals surface area (Å²) in [7, 11) is 0.744. The fourth-order valence-electron chi connectivity index (χ4n) is 1.27. The Balaban J connectivity index is 3.62. The highest BCUT2D eigenvalue weighted by Gasteiger charge is 2.40. The van der Waals surface area contributed by atoms with E-state index in [9.17, 15) is 36.9 Å². The number of aromatic nitrogens is 1. The van der Waals surface area contributed by atoms with Crippen molar-refractivity contribution in [2.45, 2.75) is 12.8 Å². The van der Waals surface area contributed by atoms with Crippen LogP contribution in [0, 0.1) is 10.1 Å². The van der Waals surface area contributed by atoms with Crippen molar-refractivity contribution in [2.75, 3.05) is 7.11 Å². The molecule has 0 aliphatic rings. The van der Waals surface area contributed by atoms with Crippen molar-refractivity contribution in [3.8, 4) is 5.75 Å². The van der Waals surface area contributed by atoms with Gasteiger partial charge >= 0.3 is 24.6 Å². The molecule has 116 valence electrons. The van der Waals surface area contributed by atoms with E-state index >= 15 is 0 Å². The molecule has 0 aromatic carbocycles. The first-order valence-corrected chi connectivity index (χ1v) is 4.88. The lowest BCUT2D eigenvalue weighted by Crippen LogP contribution is -2.21. The van der Waals surface area contributed by atoms with Crippen molar-refractivity contribution in [2.24, 2.45) is 0 Å². The largest absolute Gasteiger partial charge is 0.573 e. The summed E-state index contributed by atoms with van der Waals surface area (Å²) in [5.74, 6) is -4.42. The number of halogens is 5. The predicted octanol–water partition coefficient (Wildman–Crippen LogP) is 2.61. The fourth-order valence-corrected chi connectivity index (χ4v) is 1.27. The second kappa shape index (κ2) is 5.85. The Morgan fingerprint density at radius 2 is 2.00 bits per heavy atom. The van der Waals surface area contributed by atoms with E-state index in [1.165, 1.54) is 0 Å². The van der Waals surface area contributed by atoms with E-state index in [4.69, 9.17) is 0 Å². The van der Waals surface area contributed by atoms with Gasteiger partial charge in [-0.3, -0.25) is 0 Å². The summed E-state index contributed by atoms with van der Waals surface area (Å²) in [6.45, 7) is 0. The van der Waals surface area contributed by atoms with Crippen LogP contribution in [0.15, 0.2) is 6.07 Å². The molecule has 12 heteroatoms. The van der Waals surface area contributed by atoms with Gasteiger partial charge in [0.2, 0.25) is 0 Å². The number of ether oxygens (including phenoxy) is 2. The zero-order valence-corrected chi connectivity index (χ0v) is 9.98. The van der Waals surface area contributed by atoms with Crippen LogP contribution in [0.5, 0.6) is 5.75 Å². The first-order valence-electron chi connectivity index (χ1n) is 4.88. The minimum atomic E-state index is -5.41. The number of alkyl halides is 5. The average molecular weight is 316 g/mol. The molecule has 1 rings (SSSR count). The van der Waals surface area contributed by atoms with Crippen molar-refractivity contribution < 1.29 is 41.1 Å². The summed E-state index contributed by atoms with van der Waals surface area (Å²) in [6.07, 6.45) is -9.06. The van der Waals surface area contributed by atoms with Crippen molar-refractivity contribution >= 4 is 11.8 Å². The van der Waals surface area contributed by atoms with Crippen molar-refractivity contribution in [1.82, 2.24) is 4.98 Å². The topological polar surface area (TPSA) is 91.6 Å². The van der Waals surface area contributed by atoms with Gasteiger partial charge in [-0.15, -0.1) is 13.2 Å². The van der Waals surface area contributed by atoms with E-state index in [-0.39, 0.29) is 6.07 Å². The number of hydrogen-bond donors (Lipinski definition) is 0. The molecule has 0 spiro atoms. The van der Waals surface area contributed by atoms with Crippen molar-refractivity contribution in [3.63, 3.8) is 0 Å². The van der Waals surface area contributed by atoms with E-state index in [0.717, 1.165) is 7.11 Å². The molecule has 0 aliphatic heterocycles. The zero-order chi connectivity index (χ0) is 16.4. The molecule has 0 saturated heterocycles. The Labute approximate surface area is 112 Å². The van der Waals surface area contributed by atoms with Gasteiger partial charge in [0.25, 0.3) is 5.69 Å². The maximum Gasteiger partial charge on any atom is 0.573 e. The van der Waals surface area contributed by atoms with Crippen LogP contribution in [0.4, 0.5) is 27.8 Å². The zero-order valence-electron chi connectivity index (χ0n) is 9.98. The van der Waals surface area contributed by atoms with Crippen LogP contribution >= 0.6 is 0 Å². The smallest absolute Gasteiger partial charge is 0.465 e. The molecule has 1 aromatic heterocycles. The number of nitro groups is 1. The minimum Gasteiger partial charge on any atom is -0.465 e. The van der Waals surface area contributed by atoms with E-state index in [1.807, 2.05) is 0 Å². The van der Waals surface area contributed by atoms with Gasteiger partial charge < -0.3 is 19.6 Å². The van der Waals surface area contributed by atoms with Gasteiger partial charge in [0.15, 0.2) is 5.75 Å². The number of carbonyl (C=O) groups is 1.